The maximum atomic E-state index is 6.00. The standard InChI is InChI=1S/C13H18Cl2N2/c1-9-3-10(2)7-17(6-9)8-11-4-12(14)13(15)5-16-11/h4-5,9-10H,3,6-8H2,1-2H3/t9-,10+. The maximum absolute atomic E-state index is 6.00. The Hall–Kier alpha value is -0.310. The van der Waals surface area contributed by atoms with Gasteiger partial charge >= 0.3 is 0 Å². The molecule has 0 radical (unpaired) electrons. The van der Waals surface area contributed by atoms with Crippen LogP contribution in [-0.2, 0) is 6.54 Å². The molecule has 2 heterocycles. The molecule has 0 N–H and O–H groups in total. The number of pyridine rings is 1. The molecule has 0 aromatic carbocycles. The summed E-state index contributed by atoms with van der Waals surface area (Å²) < 4.78 is 0. The van der Waals surface area contributed by atoms with E-state index in [2.05, 4.69) is 23.7 Å². The topological polar surface area (TPSA) is 16.1 Å². The van der Waals surface area contributed by atoms with Gasteiger partial charge in [0.15, 0.2) is 0 Å². The lowest BCUT2D eigenvalue weighted by atomic mass is 9.92. The Morgan fingerprint density at radius 2 is 1.88 bits per heavy atom. The molecule has 1 aromatic heterocycles. The van der Waals surface area contributed by atoms with Gasteiger partial charge in [-0.3, -0.25) is 9.88 Å². The van der Waals surface area contributed by atoms with Crippen LogP contribution in [0, 0.1) is 11.8 Å². The lowest BCUT2D eigenvalue weighted by Gasteiger charge is -2.34. The van der Waals surface area contributed by atoms with Gasteiger partial charge in [-0.15, -0.1) is 0 Å². The highest BCUT2D eigenvalue weighted by Crippen LogP contribution is 2.24. The lowest BCUT2D eigenvalue weighted by Crippen LogP contribution is -2.38. The van der Waals surface area contributed by atoms with E-state index in [1.165, 1.54) is 6.42 Å². The molecule has 1 saturated heterocycles. The molecule has 2 rings (SSSR count). The Balaban J connectivity index is 2.02. The van der Waals surface area contributed by atoms with Crippen LogP contribution in [0.4, 0.5) is 0 Å². The molecule has 17 heavy (non-hydrogen) atoms. The van der Waals surface area contributed by atoms with Crippen molar-refractivity contribution in [2.24, 2.45) is 11.8 Å². The Morgan fingerprint density at radius 3 is 2.47 bits per heavy atom. The highest BCUT2D eigenvalue weighted by molar-refractivity contribution is 6.41. The van der Waals surface area contributed by atoms with Gasteiger partial charge in [-0.1, -0.05) is 37.0 Å². The minimum absolute atomic E-state index is 0.524. The zero-order chi connectivity index (χ0) is 12.4. The summed E-state index contributed by atoms with van der Waals surface area (Å²) in [5, 5.41) is 1.12. The van der Waals surface area contributed by atoms with Crippen molar-refractivity contribution in [2.75, 3.05) is 13.1 Å². The van der Waals surface area contributed by atoms with Gasteiger partial charge < -0.3 is 0 Å². The molecule has 1 aliphatic heterocycles. The van der Waals surface area contributed by atoms with Crippen LogP contribution in [0.2, 0.25) is 10.0 Å². The van der Waals surface area contributed by atoms with E-state index in [1.807, 2.05) is 6.07 Å². The van der Waals surface area contributed by atoms with Gasteiger partial charge in [0, 0.05) is 25.8 Å². The van der Waals surface area contributed by atoms with Crippen molar-refractivity contribution in [1.29, 1.82) is 0 Å². The van der Waals surface area contributed by atoms with Crippen molar-refractivity contribution in [1.82, 2.24) is 9.88 Å². The monoisotopic (exact) mass is 272 g/mol. The Bertz CT molecular complexity index is 385. The summed E-state index contributed by atoms with van der Waals surface area (Å²) >= 11 is 11.9. The summed E-state index contributed by atoms with van der Waals surface area (Å²) in [6.45, 7) is 7.78. The summed E-state index contributed by atoms with van der Waals surface area (Å²) in [5.74, 6) is 1.53. The van der Waals surface area contributed by atoms with E-state index < -0.39 is 0 Å². The zero-order valence-electron chi connectivity index (χ0n) is 10.3. The summed E-state index contributed by atoms with van der Waals surface area (Å²) in [6, 6.07) is 1.87. The molecule has 4 heteroatoms. The van der Waals surface area contributed by atoms with Crippen LogP contribution >= 0.6 is 23.2 Å². The molecule has 0 saturated carbocycles. The van der Waals surface area contributed by atoms with E-state index in [9.17, 15) is 0 Å². The van der Waals surface area contributed by atoms with Gasteiger partial charge in [0.05, 0.1) is 15.7 Å². The fourth-order valence-electron chi connectivity index (χ4n) is 2.69. The van der Waals surface area contributed by atoms with Crippen LogP contribution in [0.25, 0.3) is 0 Å². The Morgan fingerprint density at radius 1 is 1.24 bits per heavy atom. The first-order valence-corrected chi connectivity index (χ1v) is 6.82. The van der Waals surface area contributed by atoms with Crippen LogP contribution in [0.5, 0.6) is 0 Å². The van der Waals surface area contributed by atoms with Gasteiger partial charge in [0.1, 0.15) is 0 Å². The molecular weight excluding hydrogens is 255 g/mol. The molecule has 0 amide bonds. The number of likely N-dealkylation sites (tertiary alicyclic amines) is 1. The number of nitrogens with zero attached hydrogens (tertiary/aromatic N) is 2. The van der Waals surface area contributed by atoms with Crippen molar-refractivity contribution in [3.63, 3.8) is 0 Å². The van der Waals surface area contributed by atoms with Gasteiger partial charge in [-0.25, -0.2) is 0 Å². The summed E-state index contributed by atoms with van der Waals surface area (Å²) in [6.07, 6.45) is 2.96. The highest BCUT2D eigenvalue weighted by atomic mass is 35.5. The first kappa shape index (κ1) is 13.1. The fourth-order valence-corrected chi connectivity index (χ4v) is 2.97. The predicted molar refractivity (Wildman–Crippen MR) is 72.5 cm³/mol. The molecule has 2 nitrogen and oxygen atoms in total. The smallest absolute Gasteiger partial charge is 0.0775 e. The number of aromatic nitrogens is 1. The summed E-state index contributed by atoms with van der Waals surface area (Å²) in [5.41, 5.74) is 1.00. The van der Waals surface area contributed by atoms with E-state index in [1.54, 1.807) is 6.20 Å². The largest absolute Gasteiger partial charge is 0.297 e. The maximum Gasteiger partial charge on any atom is 0.0775 e. The predicted octanol–water partition coefficient (Wildman–Crippen LogP) is 3.87. The third-order valence-electron chi connectivity index (χ3n) is 3.20. The van der Waals surface area contributed by atoms with Crippen molar-refractivity contribution in [3.05, 3.63) is 28.0 Å². The second-order valence-electron chi connectivity index (χ2n) is 5.23. The average Bonchev–Trinajstić information content (AvgIpc) is 2.22. The zero-order valence-corrected chi connectivity index (χ0v) is 11.8. The molecule has 0 unspecified atom stereocenters. The molecule has 1 aromatic rings. The van der Waals surface area contributed by atoms with E-state index in [0.717, 1.165) is 37.2 Å². The van der Waals surface area contributed by atoms with Crippen LogP contribution < -0.4 is 0 Å². The van der Waals surface area contributed by atoms with Gasteiger partial charge in [0.25, 0.3) is 0 Å². The SMILES string of the molecule is C[C@@H]1C[C@H](C)CN(Cc2cc(Cl)c(Cl)cn2)C1. The second kappa shape index (κ2) is 5.55. The third kappa shape index (κ3) is 3.57. The fraction of sp³-hybridized carbons (Fsp3) is 0.615. The highest BCUT2D eigenvalue weighted by Gasteiger charge is 2.22. The van der Waals surface area contributed by atoms with Crippen molar-refractivity contribution in [3.8, 4) is 0 Å². The lowest BCUT2D eigenvalue weighted by molar-refractivity contribution is 0.133. The quantitative estimate of drug-likeness (QED) is 0.813. The van der Waals surface area contributed by atoms with Gasteiger partial charge in [-0.05, 0) is 24.3 Å². The number of rotatable bonds is 2. The van der Waals surface area contributed by atoms with Crippen LogP contribution in [0.15, 0.2) is 12.3 Å². The number of hydrogen-bond donors (Lipinski definition) is 0. The normalized spacial score (nSPS) is 26.1. The van der Waals surface area contributed by atoms with Crippen LogP contribution in [0.3, 0.4) is 0 Å². The molecule has 0 spiro atoms. The minimum atomic E-state index is 0.524. The number of hydrogen-bond acceptors (Lipinski definition) is 2. The van der Waals surface area contributed by atoms with Crippen LogP contribution in [0.1, 0.15) is 26.0 Å². The third-order valence-corrected chi connectivity index (χ3v) is 3.91. The first-order valence-electron chi connectivity index (χ1n) is 6.07. The average molecular weight is 273 g/mol. The molecular formula is C13H18Cl2N2. The van der Waals surface area contributed by atoms with E-state index in [-0.39, 0.29) is 0 Å². The van der Waals surface area contributed by atoms with Gasteiger partial charge in [0.2, 0.25) is 0 Å². The molecule has 94 valence electrons. The van der Waals surface area contributed by atoms with E-state index in [0.29, 0.717) is 10.0 Å². The van der Waals surface area contributed by atoms with Gasteiger partial charge in [-0.2, -0.15) is 0 Å². The van der Waals surface area contributed by atoms with Crippen molar-refractivity contribution >= 4 is 23.2 Å². The Kier molecular flexibility index (Phi) is 4.29. The molecule has 0 aliphatic carbocycles. The van der Waals surface area contributed by atoms with E-state index in [4.69, 9.17) is 23.2 Å². The minimum Gasteiger partial charge on any atom is -0.297 e. The molecule has 1 fully saturated rings. The van der Waals surface area contributed by atoms with Crippen molar-refractivity contribution < 1.29 is 0 Å². The second-order valence-corrected chi connectivity index (χ2v) is 6.04. The molecule has 1 aliphatic rings. The molecule has 0 bridgehead atoms. The first-order chi connectivity index (χ1) is 8.04. The van der Waals surface area contributed by atoms with Crippen molar-refractivity contribution in [2.45, 2.75) is 26.8 Å². The number of halogens is 2. The molecule has 2 atom stereocenters. The summed E-state index contributed by atoms with van der Waals surface area (Å²) in [7, 11) is 0. The Labute approximate surface area is 113 Å². The van der Waals surface area contributed by atoms with E-state index >= 15 is 0 Å². The van der Waals surface area contributed by atoms with Crippen LogP contribution in [-0.4, -0.2) is 23.0 Å². The summed E-state index contributed by atoms with van der Waals surface area (Å²) in [4.78, 5) is 6.78. The number of piperidine rings is 1.